The number of carbonyl (C=O) groups is 2. The number of hydrogen-bond donors (Lipinski definition) is 2. The van der Waals surface area contributed by atoms with Crippen LogP contribution in [-0.4, -0.2) is 22.2 Å². The van der Waals surface area contributed by atoms with Gasteiger partial charge >= 0.3 is 11.9 Å². The van der Waals surface area contributed by atoms with Gasteiger partial charge in [0.15, 0.2) is 0 Å². The summed E-state index contributed by atoms with van der Waals surface area (Å²) in [5.41, 5.74) is 0.397. The van der Waals surface area contributed by atoms with Gasteiger partial charge in [0.1, 0.15) is 12.4 Å². The van der Waals surface area contributed by atoms with Crippen LogP contribution in [0.5, 0.6) is 5.75 Å². The number of carboxylic acid groups (broad SMARTS) is 1. The number of ether oxygens (including phenoxy) is 1. The Morgan fingerprint density at radius 2 is 1.94 bits per heavy atom. The van der Waals surface area contributed by atoms with Crippen LogP contribution in [0.2, 0.25) is 0 Å². The van der Waals surface area contributed by atoms with E-state index in [2.05, 4.69) is 31.9 Å². The lowest BCUT2D eigenvalue weighted by Gasteiger charge is -2.07. The van der Waals surface area contributed by atoms with Crippen LogP contribution in [0.4, 0.5) is 0 Å². The molecular formula is C11H8Br2O5. The first-order chi connectivity index (χ1) is 8.40. The normalized spacial score (nSPS) is 10.6. The van der Waals surface area contributed by atoms with Crippen LogP contribution in [0.1, 0.15) is 5.56 Å². The number of aliphatic carboxylic acids is 1. The fourth-order valence-corrected chi connectivity index (χ4v) is 2.38. The number of rotatable bonds is 4. The van der Waals surface area contributed by atoms with E-state index in [1.807, 2.05) is 0 Å². The molecule has 0 radical (unpaired) electrons. The summed E-state index contributed by atoms with van der Waals surface area (Å²) in [5.74, 6) is -2.07. The highest BCUT2D eigenvalue weighted by Crippen LogP contribution is 2.32. The van der Waals surface area contributed by atoms with Crippen molar-refractivity contribution in [1.82, 2.24) is 0 Å². The third-order valence-corrected chi connectivity index (χ3v) is 2.90. The number of halogens is 2. The highest BCUT2D eigenvalue weighted by molar-refractivity contribution is 9.11. The summed E-state index contributed by atoms with van der Waals surface area (Å²) >= 11 is 6.37. The maximum atomic E-state index is 11.1. The summed E-state index contributed by atoms with van der Waals surface area (Å²) in [6.45, 7) is -0.160. The molecule has 0 aliphatic carbocycles. The van der Waals surface area contributed by atoms with Gasteiger partial charge < -0.3 is 14.9 Å². The quantitative estimate of drug-likeness (QED) is 0.620. The lowest BCUT2D eigenvalue weighted by molar-refractivity contribution is -0.139. The van der Waals surface area contributed by atoms with E-state index in [9.17, 15) is 14.7 Å². The Morgan fingerprint density at radius 1 is 1.28 bits per heavy atom. The van der Waals surface area contributed by atoms with E-state index in [1.165, 1.54) is 0 Å². The number of phenols is 1. The molecule has 0 saturated carbocycles. The second-order valence-electron chi connectivity index (χ2n) is 3.17. The summed E-state index contributed by atoms with van der Waals surface area (Å²) in [5, 5.41) is 18.0. The fraction of sp³-hybridized carbons (Fsp3) is 0.0909. The van der Waals surface area contributed by atoms with Crippen LogP contribution in [-0.2, 0) is 20.9 Å². The van der Waals surface area contributed by atoms with Crippen LogP contribution in [0.25, 0.3) is 0 Å². The van der Waals surface area contributed by atoms with Crippen molar-refractivity contribution in [2.45, 2.75) is 6.61 Å². The van der Waals surface area contributed by atoms with Crippen LogP contribution in [0.15, 0.2) is 33.2 Å². The predicted octanol–water partition coefficient (Wildman–Crippen LogP) is 2.60. The van der Waals surface area contributed by atoms with Crippen molar-refractivity contribution in [3.63, 3.8) is 0 Å². The minimum atomic E-state index is -1.24. The van der Waals surface area contributed by atoms with Crippen molar-refractivity contribution in [2.75, 3.05) is 0 Å². The van der Waals surface area contributed by atoms with Gasteiger partial charge in [0.05, 0.1) is 4.47 Å². The Hall–Kier alpha value is -1.34. The molecule has 0 bridgehead atoms. The van der Waals surface area contributed by atoms with Crippen molar-refractivity contribution in [3.8, 4) is 5.75 Å². The largest absolute Gasteiger partial charge is 0.506 e. The number of phenolic OH excluding ortho intramolecular Hbond substituents is 1. The zero-order chi connectivity index (χ0) is 13.7. The summed E-state index contributed by atoms with van der Waals surface area (Å²) in [6, 6.07) is 3.24. The topological polar surface area (TPSA) is 83.8 Å². The number of hydrogen-bond acceptors (Lipinski definition) is 4. The van der Waals surface area contributed by atoms with Gasteiger partial charge in [0.2, 0.25) is 0 Å². The predicted molar refractivity (Wildman–Crippen MR) is 70.1 cm³/mol. The molecular weight excluding hydrogens is 372 g/mol. The molecule has 0 fully saturated rings. The van der Waals surface area contributed by atoms with Gasteiger partial charge in [-0.3, -0.25) is 0 Å². The summed E-state index contributed by atoms with van der Waals surface area (Å²) in [4.78, 5) is 21.3. The number of carboxylic acids is 1. The van der Waals surface area contributed by atoms with Gasteiger partial charge in [-0.05, 0) is 28.1 Å². The number of esters is 1. The van der Waals surface area contributed by atoms with E-state index in [1.54, 1.807) is 12.1 Å². The van der Waals surface area contributed by atoms with E-state index in [-0.39, 0.29) is 12.4 Å². The Labute approximate surface area is 119 Å². The minimum Gasteiger partial charge on any atom is -0.506 e. The molecule has 0 aromatic heterocycles. The van der Waals surface area contributed by atoms with E-state index < -0.39 is 11.9 Å². The van der Waals surface area contributed by atoms with Crippen LogP contribution >= 0.6 is 31.9 Å². The van der Waals surface area contributed by atoms with Gasteiger partial charge in [-0.1, -0.05) is 15.9 Å². The van der Waals surface area contributed by atoms with Gasteiger partial charge in [-0.25, -0.2) is 9.59 Å². The number of benzene rings is 1. The van der Waals surface area contributed by atoms with Crippen molar-refractivity contribution in [2.24, 2.45) is 0 Å². The van der Waals surface area contributed by atoms with Gasteiger partial charge in [-0.15, -0.1) is 0 Å². The molecule has 0 spiro atoms. The van der Waals surface area contributed by atoms with Crippen LogP contribution in [0.3, 0.4) is 0 Å². The summed E-state index contributed by atoms with van der Waals surface area (Å²) < 4.78 is 5.95. The molecule has 0 heterocycles. The molecule has 2 N–H and O–H groups in total. The van der Waals surface area contributed by atoms with E-state index in [4.69, 9.17) is 9.84 Å². The van der Waals surface area contributed by atoms with Gasteiger partial charge in [0.25, 0.3) is 0 Å². The number of aromatic hydroxyl groups is 1. The summed E-state index contributed by atoms with van der Waals surface area (Å²) in [7, 11) is 0. The Kier molecular flexibility index (Phi) is 5.36. The van der Waals surface area contributed by atoms with Crippen molar-refractivity contribution >= 4 is 43.8 Å². The zero-order valence-electron chi connectivity index (χ0n) is 8.89. The molecule has 18 heavy (non-hydrogen) atoms. The number of carbonyl (C=O) groups excluding carboxylic acids is 1. The molecule has 7 heteroatoms. The first-order valence-electron chi connectivity index (χ1n) is 4.65. The molecule has 1 aromatic rings. The van der Waals surface area contributed by atoms with Crippen molar-refractivity contribution in [3.05, 3.63) is 38.8 Å². The molecule has 0 unspecified atom stereocenters. The summed E-state index contributed by atoms with van der Waals surface area (Å²) in [6.07, 6.45) is 1.48. The van der Waals surface area contributed by atoms with E-state index in [0.29, 0.717) is 20.6 Å². The minimum absolute atomic E-state index is 0.0341. The van der Waals surface area contributed by atoms with E-state index >= 15 is 0 Å². The van der Waals surface area contributed by atoms with Crippen LogP contribution in [0, 0.1) is 0 Å². The Balaban J connectivity index is 2.69. The van der Waals surface area contributed by atoms with E-state index in [0.717, 1.165) is 6.08 Å². The second kappa shape index (κ2) is 6.55. The Bertz CT molecular complexity index is 510. The third kappa shape index (κ3) is 4.50. The molecule has 1 aromatic carbocycles. The fourth-order valence-electron chi connectivity index (χ4n) is 1.07. The molecule has 0 aliphatic rings. The van der Waals surface area contributed by atoms with Crippen molar-refractivity contribution in [1.29, 1.82) is 0 Å². The molecule has 0 atom stereocenters. The molecule has 0 amide bonds. The van der Waals surface area contributed by atoms with Crippen LogP contribution < -0.4 is 0 Å². The molecule has 0 saturated heterocycles. The average Bonchev–Trinajstić information content (AvgIpc) is 2.29. The Morgan fingerprint density at radius 3 is 2.56 bits per heavy atom. The molecule has 0 aliphatic heterocycles. The zero-order valence-corrected chi connectivity index (χ0v) is 12.1. The lowest BCUT2D eigenvalue weighted by Crippen LogP contribution is -2.02. The smallest absolute Gasteiger partial charge is 0.331 e. The SMILES string of the molecule is O=C(O)C=CC(=O)OCc1cc(Br)cc(Br)c1O. The maximum absolute atomic E-state index is 11.1. The third-order valence-electron chi connectivity index (χ3n) is 1.84. The first kappa shape index (κ1) is 14.7. The molecule has 1 rings (SSSR count). The van der Waals surface area contributed by atoms with Gasteiger partial charge in [0, 0.05) is 22.2 Å². The highest BCUT2D eigenvalue weighted by atomic mass is 79.9. The monoisotopic (exact) mass is 378 g/mol. The molecule has 5 nitrogen and oxygen atoms in total. The lowest BCUT2D eigenvalue weighted by atomic mass is 10.2. The average molecular weight is 380 g/mol. The van der Waals surface area contributed by atoms with Gasteiger partial charge in [-0.2, -0.15) is 0 Å². The second-order valence-corrected chi connectivity index (χ2v) is 4.94. The first-order valence-corrected chi connectivity index (χ1v) is 6.23. The molecule has 96 valence electrons. The standard InChI is InChI=1S/C11H8Br2O5/c12-7-3-6(11(17)8(13)4-7)5-18-10(16)2-1-9(14)15/h1-4,17H,5H2,(H,14,15). The van der Waals surface area contributed by atoms with Crippen molar-refractivity contribution < 1.29 is 24.5 Å². The highest BCUT2D eigenvalue weighted by Gasteiger charge is 2.09. The maximum Gasteiger partial charge on any atom is 0.331 e.